The van der Waals surface area contributed by atoms with E-state index < -0.39 is 5.60 Å². The molecule has 0 bridgehead atoms. The number of aliphatic hydroxyl groups is 1. The zero-order valence-electron chi connectivity index (χ0n) is 14.4. The normalized spacial score (nSPS) is 16.9. The van der Waals surface area contributed by atoms with Crippen molar-refractivity contribution in [3.05, 3.63) is 48.2 Å². The maximum absolute atomic E-state index is 13.1. The van der Waals surface area contributed by atoms with Gasteiger partial charge < -0.3 is 10.0 Å². The molecule has 2 aromatic heterocycles. The van der Waals surface area contributed by atoms with Crippen LogP contribution >= 0.6 is 0 Å². The summed E-state index contributed by atoms with van der Waals surface area (Å²) in [6, 6.07) is 5.98. The third-order valence-electron chi connectivity index (χ3n) is 4.57. The van der Waals surface area contributed by atoms with Crippen LogP contribution in [-0.4, -0.2) is 37.9 Å². The molecule has 1 fully saturated rings. The van der Waals surface area contributed by atoms with E-state index in [9.17, 15) is 9.50 Å². The summed E-state index contributed by atoms with van der Waals surface area (Å²) in [7, 11) is 0. The number of anilines is 1. The average molecular weight is 341 g/mol. The number of halogens is 1. The molecule has 4 rings (SSSR count). The highest BCUT2D eigenvalue weighted by atomic mass is 19.1. The minimum absolute atomic E-state index is 0.183. The molecule has 7 heteroatoms. The van der Waals surface area contributed by atoms with Crippen LogP contribution in [-0.2, 0) is 11.1 Å². The van der Waals surface area contributed by atoms with Crippen LogP contribution in [0.25, 0.3) is 11.0 Å². The van der Waals surface area contributed by atoms with Gasteiger partial charge in [-0.3, -0.25) is 0 Å². The Balaban J connectivity index is 1.64. The van der Waals surface area contributed by atoms with Gasteiger partial charge in [0.05, 0.1) is 30.2 Å². The molecule has 130 valence electrons. The van der Waals surface area contributed by atoms with E-state index in [4.69, 9.17) is 0 Å². The maximum Gasteiger partial charge on any atom is 0.163 e. The molecule has 6 nitrogen and oxygen atoms in total. The molecule has 1 aromatic carbocycles. The van der Waals surface area contributed by atoms with Crippen LogP contribution < -0.4 is 4.90 Å². The molecule has 3 aromatic rings. The Hall–Kier alpha value is -2.54. The van der Waals surface area contributed by atoms with Gasteiger partial charge in [-0.15, -0.1) is 0 Å². The van der Waals surface area contributed by atoms with Crippen molar-refractivity contribution in [2.45, 2.75) is 31.9 Å². The van der Waals surface area contributed by atoms with E-state index in [2.05, 4.69) is 35.8 Å². The van der Waals surface area contributed by atoms with Gasteiger partial charge in [-0.2, -0.15) is 5.10 Å². The molecule has 3 heterocycles. The Labute approximate surface area is 144 Å². The van der Waals surface area contributed by atoms with Crippen LogP contribution in [0.4, 0.5) is 10.2 Å². The van der Waals surface area contributed by atoms with Crippen molar-refractivity contribution in [3.8, 4) is 0 Å². The standard InChI is InChI=1S/C18H20FN5O/c1-17(2,3)24-16-14(8-22-24)15(20-11-21-16)23-9-18(25,10-23)12-4-6-13(19)7-5-12/h4-8,11,25H,9-10H2,1-3H3. The van der Waals surface area contributed by atoms with Crippen molar-refractivity contribution in [2.24, 2.45) is 0 Å². The Bertz CT molecular complexity index is 923. The first-order valence-electron chi connectivity index (χ1n) is 8.20. The molecule has 0 atom stereocenters. The summed E-state index contributed by atoms with van der Waals surface area (Å²) in [6.07, 6.45) is 3.29. The Morgan fingerprint density at radius 1 is 1.12 bits per heavy atom. The number of hydrogen-bond donors (Lipinski definition) is 1. The quantitative estimate of drug-likeness (QED) is 0.775. The van der Waals surface area contributed by atoms with E-state index in [0.29, 0.717) is 18.7 Å². The van der Waals surface area contributed by atoms with Crippen molar-refractivity contribution in [1.82, 2.24) is 19.7 Å². The van der Waals surface area contributed by atoms with Crippen molar-refractivity contribution in [2.75, 3.05) is 18.0 Å². The van der Waals surface area contributed by atoms with Gasteiger partial charge in [0, 0.05) is 0 Å². The van der Waals surface area contributed by atoms with Crippen LogP contribution in [0, 0.1) is 5.82 Å². The van der Waals surface area contributed by atoms with Crippen molar-refractivity contribution >= 4 is 16.9 Å². The van der Waals surface area contributed by atoms with E-state index in [-0.39, 0.29) is 11.4 Å². The second-order valence-corrected chi connectivity index (χ2v) is 7.56. The smallest absolute Gasteiger partial charge is 0.163 e. The molecular weight excluding hydrogens is 321 g/mol. The Morgan fingerprint density at radius 3 is 2.44 bits per heavy atom. The summed E-state index contributed by atoms with van der Waals surface area (Å²) < 4.78 is 15.0. The fourth-order valence-electron chi connectivity index (χ4n) is 3.25. The van der Waals surface area contributed by atoms with Crippen molar-refractivity contribution in [3.63, 3.8) is 0 Å². The van der Waals surface area contributed by atoms with Gasteiger partial charge >= 0.3 is 0 Å². The topological polar surface area (TPSA) is 67.1 Å². The number of nitrogens with zero attached hydrogens (tertiary/aromatic N) is 5. The highest BCUT2D eigenvalue weighted by Crippen LogP contribution is 2.37. The van der Waals surface area contributed by atoms with E-state index in [1.165, 1.54) is 18.5 Å². The minimum atomic E-state index is -0.995. The van der Waals surface area contributed by atoms with Crippen LogP contribution in [0.5, 0.6) is 0 Å². The molecule has 0 unspecified atom stereocenters. The van der Waals surface area contributed by atoms with E-state index in [1.54, 1.807) is 18.3 Å². The predicted octanol–water partition coefficient (Wildman–Crippen LogP) is 2.43. The van der Waals surface area contributed by atoms with Gasteiger partial charge in [-0.1, -0.05) is 12.1 Å². The zero-order valence-corrected chi connectivity index (χ0v) is 14.4. The summed E-state index contributed by atoms with van der Waals surface area (Å²) in [4.78, 5) is 10.7. The van der Waals surface area contributed by atoms with E-state index in [0.717, 1.165) is 16.9 Å². The third kappa shape index (κ3) is 2.55. The number of β-amino-alcohol motifs (C(OH)–C–C–N with tert-alkyl or cyclic N) is 1. The first kappa shape index (κ1) is 16.0. The summed E-state index contributed by atoms with van der Waals surface area (Å²) in [6.45, 7) is 6.99. The van der Waals surface area contributed by atoms with Crippen molar-refractivity contribution in [1.29, 1.82) is 0 Å². The highest BCUT2D eigenvalue weighted by molar-refractivity contribution is 5.87. The van der Waals surface area contributed by atoms with Gasteiger partial charge in [0.25, 0.3) is 0 Å². The average Bonchev–Trinajstić information content (AvgIpc) is 2.97. The van der Waals surface area contributed by atoms with Crippen LogP contribution in [0.3, 0.4) is 0 Å². The molecule has 1 N–H and O–H groups in total. The molecule has 1 aliphatic rings. The lowest BCUT2D eigenvalue weighted by atomic mass is 9.86. The largest absolute Gasteiger partial charge is 0.381 e. The van der Waals surface area contributed by atoms with Gasteiger partial charge in [0.15, 0.2) is 5.65 Å². The monoisotopic (exact) mass is 341 g/mol. The predicted molar refractivity (Wildman–Crippen MR) is 92.8 cm³/mol. The summed E-state index contributed by atoms with van der Waals surface area (Å²) >= 11 is 0. The molecular formula is C18H20FN5O. The fraction of sp³-hybridized carbons (Fsp3) is 0.389. The first-order valence-corrected chi connectivity index (χ1v) is 8.20. The van der Waals surface area contributed by atoms with E-state index in [1.807, 2.05) is 9.58 Å². The lowest BCUT2D eigenvalue weighted by Crippen LogP contribution is -2.59. The Morgan fingerprint density at radius 2 is 1.80 bits per heavy atom. The third-order valence-corrected chi connectivity index (χ3v) is 4.57. The van der Waals surface area contributed by atoms with Crippen molar-refractivity contribution < 1.29 is 9.50 Å². The maximum atomic E-state index is 13.1. The summed E-state index contributed by atoms with van der Waals surface area (Å²) in [5, 5.41) is 16.1. The van der Waals surface area contributed by atoms with Crippen LogP contribution in [0.15, 0.2) is 36.8 Å². The minimum Gasteiger partial charge on any atom is -0.381 e. The fourth-order valence-corrected chi connectivity index (χ4v) is 3.25. The lowest BCUT2D eigenvalue weighted by Gasteiger charge is -2.47. The molecule has 25 heavy (non-hydrogen) atoms. The SMILES string of the molecule is CC(C)(C)n1ncc2c(N3CC(O)(c4ccc(F)cc4)C3)ncnc21. The Kier molecular flexibility index (Phi) is 3.34. The van der Waals surface area contributed by atoms with Gasteiger partial charge in [-0.25, -0.2) is 19.0 Å². The number of rotatable bonds is 2. The molecule has 0 spiro atoms. The molecule has 0 amide bonds. The van der Waals surface area contributed by atoms with Crippen LogP contribution in [0.2, 0.25) is 0 Å². The highest BCUT2D eigenvalue weighted by Gasteiger charge is 2.44. The summed E-state index contributed by atoms with van der Waals surface area (Å²) in [5.74, 6) is 0.447. The first-order chi connectivity index (χ1) is 11.8. The summed E-state index contributed by atoms with van der Waals surface area (Å²) in [5.41, 5.74) is 0.304. The van der Waals surface area contributed by atoms with E-state index >= 15 is 0 Å². The van der Waals surface area contributed by atoms with Gasteiger partial charge in [0.2, 0.25) is 0 Å². The van der Waals surface area contributed by atoms with Gasteiger partial charge in [0.1, 0.15) is 23.6 Å². The molecule has 1 saturated heterocycles. The van der Waals surface area contributed by atoms with Crippen LogP contribution in [0.1, 0.15) is 26.3 Å². The molecule has 0 radical (unpaired) electrons. The lowest BCUT2D eigenvalue weighted by molar-refractivity contribution is 0.00718. The number of fused-ring (bicyclic) bond motifs is 1. The van der Waals surface area contributed by atoms with Gasteiger partial charge in [-0.05, 0) is 38.5 Å². The molecule has 0 aliphatic carbocycles. The molecule has 1 aliphatic heterocycles. The number of hydrogen-bond acceptors (Lipinski definition) is 5. The number of benzene rings is 1. The molecule has 0 saturated carbocycles. The second kappa shape index (κ2) is 5.23. The zero-order chi connectivity index (χ0) is 17.8. The number of aromatic nitrogens is 4. The second-order valence-electron chi connectivity index (χ2n) is 7.56.